The van der Waals surface area contributed by atoms with Crippen molar-refractivity contribution >= 4 is 5.91 Å². The minimum absolute atomic E-state index is 0.0836. The van der Waals surface area contributed by atoms with Crippen molar-refractivity contribution in [2.45, 2.75) is 20.3 Å². The Morgan fingerprint density at radius 1 is 1.37 bits per heavy atom. The van der Waals surface area contributed by atoms with Crippen LogP contribution in [0.3, 0.4) is 0 Å². The van der Waals surface area contributed by atoms with Crippen LogP contribution in [0.25, 0.3) is 0 Å². The number of aryl methyl sites for hydroxylation is 2. The van der Waals surface area contributed by atoms with Gasteiger partial charge >= 0.3 is 0 Å². The molecule has 1 aliphatic rings. The van der Waals surface area contributed by atoms with Crippen LogP contribution in [-0.4, -0.2) is 42.2 Å². The van der Waals surface area contributed by atoms with Crippen LogP contribution in [0.1, 0.15) is 17.5 Å². The molecular formula is C15H21NO3. The summed E-state index contributed by atoms with van der Waals surface area (Å²) >= 11 is 0. The molecule has 1 saturated heterocycles. The molecule has 1 aromatic rings. The molecule has 0 bridgehead atoms. The molecule has 1 heterocycles. The van der Waals surface area contributed by atoms with Crippen molar-refractivity contribution in [2.75, 3.05) is 26.3 Å². The van der Waals surface area contributed by atoms with Gasteiger partial charge in [-0.15, -0.1) is 0 Å². The summed E-state index contributed by atoms with van der Waals surface area (Å²) in [5.41, 5.74) is 2.45. The lowest BCUT2D eigenvalue weighted by Gasteiger charge is -2.17. The fraction of sp³-hybridized carbons (Fsp3) is 0.533. The van der Waals surface area contributed by atoms with Crippen LogP contribution in [0, 0.1) is 19.8 Å². The van der Waals surface area contributed by atoms with Gasteiger partial charge in [0.1, 0.15) is 12.4 Å². The average molecular weight is 263 g/mol. The summed E-state index contributed by atoms with van der Waals surface area (Å²) in [4.78, 5) is 13.4. The molecule has 4 nitrogen and oxygen atoms in total. The van der Waals surface area contributed by atoms with Crippen LogP contribution in [0.4, 0.5) is 0 Å². The lowest BCUT2D eigenvalue weighted by Crippen LogP contribution is -2.30. The predicted molar refractivity (Wildman–Crippen MR) is 73.2 cm³/mol. The van der Waals surface area contributed by atoms with Crippen molar-refractivity contribution in [3.8, 4) is 5.75 Å². The van der Waals surface area contributed by atoms with Gasteiger partial charge in [0, 0.05) is 25.5 Å². The summed E-state index contributed by atoms with van der Waals surface area (Å²) in [6.07, 6.45) is 0.458. The summed E-state index contributed by atoms with van der Waals surface area (Å²) in [5.74, 6) is 1.05. The van der Waals surface area contributed by atoms with E-state index < -0.39 is 0 Å². The number of amides is 1. The topological polar surface area (TPSA) is 49.8 Å². The van der Waals surface area contributed by atoms with E-state index in [2.05, 4.69) is 13.8 Å². The van der Waals surface area contributed by atoms with Crippen LogP contribution < -0.4 is 4.74 Å². The molecule has 4 heteroatoms. The average Bonchev–Trinajstić information content (AvgIpc) is 2.75. The van der Waals surface area contributed by atoms with E-state index in [4.69, 9.17) is 9.84 Å². The summed E-state index contributed by atoms with van der Waals surface area (Å²) in [7, 11) is 0. The van der Waals surface area contributed by atoms with Crippen LogP contribution in [0.2, 0.25) is 0 Å². The molecule has 1 N–H and O–H groups in total. The number of carbonyl (C=O) groups excluding carboxylic acids is 1. The van der Waals surface area contributed by atoms with E-state index in [0.29, 0.717) is 26.1 Å². The van der Waals surface area contributed by atoms with Crippen molar-refractivity contribution < 1.29 is 14.6 Å². The largest absolute Gasteiger partial charge is 0.492 e. The lowest BCUT2D eigenvalue weighted by molar-refractivity contribution is -0.128. The van der Waals surface area contributed by atoms with Gasteiger partial charge in [0.25, 0.3) is 0 Å². The van der Waals surface area contributed by atoms with Gasteiger partial charge in [-0.3, -0.25) is 4.79 Å². The third-order valence-corrected chi connectivity index (χ3v) is 3.66. The fourth-order valence-corrected chi connectivity index (χ4v) is 2.27. The monoisotopic (exact) mass is 263 g/mol. The third-order valence-electron chi connectivity index (χ3n) is 3.66. The summed E-state index contributed by atoms with van der Waals surface area (Å²) < 4.78 is 5.66. The van der Waals surface area contributed by atoms with Gasteiger partial charge in [-0.2, -0.15) is 0 Å². The molecule has 0 radical (unpaired) electrons. The Balaban J connectivity index is 1.80. The summed E-state index contributed by atoms with van der Waals surface area (Å²) in [5, 5.41) is 9.05. The van der Waals surface area contributed by atoms with Gasteiger partial charge < -0.3 is 14.7 Å². The highest BCUT2D eigenvalue weighted by Crippen LogP contribution is 2.18. The van der Waals surface area contributed by atoms with Crippen molar-refractivity contribution in [1.29, 1.82) is 0 Å². The Bertz CT molecular complexity index is 459. The number of hydrogen-bond acceptors (Lipinski definition) is 3. The van der Waals surface area contributed by atoms with Gasteiger partial charge in [-0.1, -0.05) is 6.07 Å². The molecule has 1 aliphatic heterocycles. The first-order valence-electron chi connectivity index (χ1n) is 6.69. The first-order valence-corrected chi connectivity index (χ1v) is 6.69. The van der Waals surface area contributed by atoms with E-state index in [1.165, 1.54) is 11.1 Å². The predicted octanol–water partition coefficient (Wildman–Crippen LogP) is 1.52. The standard InChI is InChI=1S/C15H21NO3/c1-11-3-4-14(7-12(11)2)19-6-5-16-9-13(10-17)8-15(16)18/h3-4,7,13,17H,5-6,8-10H2,1-2H3. The lowest BCUT2D eigenvalue weighted by atomic mass is 10.1. The van der Waals surface area contributed by atoms with Crippen LogP contribution in [0.15, 0.2) is 18.2 Å². The number of benzene rings is 1. The van der Waals surface area contributed by atoms with Crippen LogP contribution in [0.5, 0.6) is 5.75 Å². The molecule has 19 heavy (non-hydrogen) atoms. The van der Waals surface area contributed by atoms with Gasteiger partial charge in [0.15, 0.2) is 0 Å². The van der Waals surface area contributed by atoms with E-state index >= 15 is 0 Å². The molecule has 0 aliphatic carbocycles. The van der Waals surface area contributed by atoms with Gasteiger partial charge in [0.05, 0.1) is 6.54 Å². The Labute approximate surface area is 114 Å². The second-order valence-electron chi connectivity index (χ2n) is 5.19. The molecule has 1 fully saturated rings. The van der Waals surface area contributed by atoms with E-state index in [-0.39, 0.29) is 18.4 Å². The normalized spacial score (nSPS) is 19.0. The van der Waals surface area contributed by atoms with Crippen molar-refractivity contribution in [3.63, 3.8) is 0 Å². The highest BCUT2D eigenvalue weighted by Gasteiger charge is 2.28. The van der Waals surface area contributed by atoms with Crippen molar-refractivity contribution in [1.82, 2.24) is 4.90 Å². The Morgan fingerprint density at radius 2 is 2.16 bits per heavy atom. The van der Waals surface area contributed by atoms with E-state index in [1.807, 2.05) is 18.2 Å². The molecule has 0 aromatic heterocycles. The minimum Gasteiger partial charge on any atom is -0.492 e. The molecule has 1 amide bonds. The zero-order valence-electron chi connectivity index (χ0n) is 11.6. The second-order valence-corrected chi connectivity index (χ2v) is 5.19. The van der Waals surface area contributed by atoms with Crippen molar-refractivity contribution in [3.05, 3.63) is 29.3 Å². The SMILES string of the molecule is Cc1ccc(OCCN2CC(CO)CC2=O)cc1C. The molecular weight excluding hydrogens is 242 g/mol. The van der Waals surface area contributed by atoms with Crippen molar-refractivity contribution in [2.24, 2.45) is 5.92 Å². The second kappa shape index (κ2) is 6.06. The Kier molecular flexibility index (Phi) is 4.43. The number of likely N-dealkylation sites (tertiary alicyclic amines) is 1. The zero-order valence-corrected chi connectivity index (χ0v) is 11.6. The molecule has 0 saturated carbocycles. The summed E-state index contributed by atoms with van der Waals surface area (Å²) in [6.45, 7) is 5.93. The quantitative estimate of drug-likeness (QED) is 0.876. The molecule has 0 spiro atoms. The number of aliphatic hydroxyl groups excluding tert-OH is 1. The molecule has 104 valence electrons. The number of carbonyl (C=O) groups is 1. The van der Waals surface area contributed by atoms with Gasteiger partial charge in [0.2, 0.25) is 5.91 Å². The Hall–Kier alpha value is -1.55. The highest BCUT2D eigenvalue weighted by atomic mass is 16.5. The Morgan fingerprint density at radius 3 is 2.79 bits per heavy atom. The first kappa shape index (κ1) is 13.9. The summed E-state index contributed by atoms with van der Waals surface area (Å²) in [6, 6.07) is 6.00. The molecule has 1 atom stereocenters. The maximum absolute atomic E-state index is 11.6. The highest BCUT2D eigenvalue weighted by molar-refractivity contribution is 5.78. The van der Waals surface area contributed by atoms with E-state index in [9.17, 15) is 4.79 Å². The van der Waals surface area contributed by atoms with E-state index in [1.54, 1.807) is 4.90 Å². The fourth-order valence-electron chi connectivity index (χ4n) is 2.27. The molecule has 1 aromatic carbocycles. The van der Waals surface area contributed by atoms with Gasteiger partial charge in [-0.05, 0) is 37.1 Å². The molecule has 2 rings (SSSR count). The third kappa shape index (κ3) is 3.47. The number of rotatable bonds is 5. The van der Waals surface area contributed by atoms with Crippen LogP contribution in [-0.2, 0) is 4.79 Å². The number of nitrogens with zero attached hydrogens (tertiary/aromatic N) is 1. The number of ether oxygens (including phenoxy) is 1. The van der Waals surface area contributed by atoms with Gasteiger partial charge in [-0.25, -0.2) is 0 Å². The maximum Gasteiger partial charge on any atom is 0.223 e. The minimum atomic E-state index is 0.0836. The number of hydrogen-bond donors (Lipinski definition) is 1. The smallest absolute Gasteiger partial charge is 0.223 e. The molecule has 1 unspecified atom stereocenters. The number of aliphatic hydroxyl groups is 1. The zero-order chi connectivity index (χ0) is 13.8. The first-order chi connectivity index (χ1) is 9.10. The maximum atomic E-state index is 11.6. The van der Waals surface area contributed by atoms with Crippen LogP contribution >= 0.6 is 0 Å². The van der Waals surface area contributed by atoms with E-state index in [0.717, 1.165) is 5.75 Å².